The molecular formula is C16H16BrFN2O. The van der Waals surface area contributed by atoms with Crippen LogP contribution in [-0.4, -0.2) is 9.97 Å². The van der Waals surface area contributed by atoms with Gasteiger partial charge in [-0.15, -0.1) is 0 Å². The van der Waals surface area contributed by atoms with Gasteiger partial charge < -0.3 is 4.98 Å². The lowest BCUT2D eigenvalue weighted by Crippen LogP contribution is -2.15. The SMILES string of the molecule is Cc1ccc(-c2nc(C3CCCC3)c(Br)c(=O)[nH]2)cc1F. The van der Waals surface area contributed by atoms with E-state index in [0.717, 1.165) is 18.5 Å². The summed E-state index contributed by atoms with van der Waals surface area (Å²) in [6, 6.07) is 4.89. The van der Waals surface area contributed by atoms with Crippen molar-refractivity contribution in [2.75, 3.05) is 0 Å². The van der Waals surface area contributed by atoms with Gasteiger partial charge in [0.25, 0.3) is 5.56 Å². The Morgan fingerprint density at radius 2 is 2.05 bits per heavy atom. The number of nitrogens with one attached hydrogen (secondary N) is 1. The fourth-order valence-electron chi connectivity index (χ4n) is 2.82. The van der Waals surface area contributed by atoms with Gasteiger partial charge in [-0.2, -0.15) is 0 Å². The minimum Gasteiger partial charge on any atom is -0.306 e. The van der Waals surface area contributed by atoms with E-state index in [2.05, 4.69) is 25.9 Å². The highest BCUT2D eigenvalue weighted by Gasteiger charge is 2.23. The van der Waals surface area contributed by atoms with E-state index in [1.165, 1.54) is 18.9 Å². The summed E-state index contributed by atoms with van der Waals surface area (Å²) in [6.07, 6.45) is 4.44. The third kappa shape index (κ3) is 2.79. The normalized spacial score (nSPS) is 15.6. The fraction of sp³-hybridized carbons (Fsp3) is 0.375. The van der Waals surface area contributed by atoms with Crippen LogP contribution in [0.1, 0.15) is 42.9 Å². The minimum absolute atomic E-state index is 0.206. The monoisotopic (exact) mass is 350 g/mol. The second-order valence-electron chi connectivity index (χ2n) is 5.56. The number of rotatable bonds is 2. The summed E-state index contributed by atoms with van der Waals surface area (Å²) < 4.78 is 14.2. The van der Waals surface area contributed by atoms with Crippen molar-refractivity contribution in [2.24, 2.45) is 0 Å². The lowest BCUT2D eigenvalue weighted by molar-refractivity contribution is 0.618. The van der Waals surface area contributed by atoms with Gasteiger partial charge in [-0.3, -0.25) is 4.79 Å². The van der Waals surface area contributed by atoms with Crippen LogP contribution in [0.3, 0.4) is 0 Å². The molecule has 0 radical (unpaired) electrons. The Kier molecular flexibility index (Phi) is 3.93. The van der Waals surface area contributed by atoms with E-state index in [-0.39, 0.29) is 11.4 Å². The van der Waals surface area contributed by atoms with Crippen molar-refractivity contribution in [2.45, 2.75) is 38.5 Å². The summed E-state index contributed by atoms with van der Waals surface area (Å²) in [7, 11) is 0. The molecule has 0 amide bonds. The van der Waals surface area contributed by atoms with E-state index in [4.69, 9.17) is 0 Å². The highest BCUT2D eigenvalue weighted by Crippen LogP contribution is 2.36. The van der Waals surface area contributed by atoms with Crippen molar-refractivity contribution in [1.29, 1.82) is 0 Å². The summed E-state index contributed by atoms with van der Waals surface area (Å²) in [5.41, 5.74) is 1.77. The van der Waals surface area contributed by atoms with Crippen LogP contribution in [0.2, 0.25) is 0 Å². The molecule has 0 bridgehead atoms. The van der Waals surface area contributed by atoms with Gasteiger partial charge in [-0.05, 0) is 47.3 Å². The molecule has 2 aromatic rings. The van der Waals surface area contributed by atoms with Crippen molar-refractivity contribution in [1.82, 2.24) is 9.97 Å². The van der Waals surface area contributed by atoms with Crippen molar-refractivity contribution >= 4 is 15.9 Å². The van der Waals surface area contributed by atoms with Gasteiger partial charge in [0.1, 0.15) is 16.1 Å². The minimum atomic E-state index is -0.291. The third-order valence-electron chi connectivity index (χ3n) is 4.08. The first kappa shape index (κ1) is 14.4. The van der Waals surface area contributed by atoms with Crippen molar-refractivity contribution in [3.05, 3.63) is 50.1 Å². The fourth-order valence-corrected chi connectivity index (χ4v) is 3.33. The van der Waals surface area contributed by atoms with Gasteiger partial charge in [-0.25, -0.2) is 9.37 Å². The van der Waals surface area contributed by atoms with E-state index in [0.29, 0.717) is 27.3 Å². The van der Waals surface area contributed by atoms with Crippen LogP contribution >= 0.6 is 15.9 Å². The molecule has 0 aliphatic heterocycles. The number of aromatic amines is 1. The quantitative estimate of drug-likeness (QED) is 0.877. The predicted molar refractivity (Wildman–Crippen MR) is 83.9 cm³/mol. The second kappa shape index (κ2) is 5.72. The molecule has 21 heavy (non-hydrogen) atoms. The smallest absolute Gasteiger partial charge is 0.265 e. The predicted octanol–water partition coefficient (Wildman–Crippen LogP) is 4.30. The maximum atomic E-state index is 13.7. The summed E-state index contributed by atoms with van der Waals surface area (Å²) >= 11 is 3.34. The van der Waals surface area contributed by atoms with Crippen LogP contribution in [0.5, 0.6) is 0 Å². The molecule has 1 aliphatic carbocycles. The Morgan fingerprint density at radius 1 is 1.33 bits per heavy atom. The molecule has 0 saturated heterocycles. The van der Waals surface area contributed by atoms with Gasteiger partial charge in [0.15, 0.2) is 0 Å². The number of benzene rings is 1. The van der Waals surface area contributed by atoms with Gasteiger partial charge in [0, 0.05) is 11.5 Å². The molecule has 1 aliphatic rings. The van der Waals surface area contributed by atoms with Gasteiger partial charge in [0.2, 0.25) is 0 Å². The van der Waals surface area contributed by atoms with Crippen LogP contribution in [0.15, 0.2) is 27.5 Å². The number of aromatic nitrogens is 2. The van der Waals surface area contributed by atoms with Crippen molar-refractivity contribution < 1.29 is 4.39 Å². The molecule has 0 atom stereocenters. The molecule has 1 N–H and O–H groups in total. The number of hydrogen-bond acceptors (Lipinski definition) is 2. The zero-order valence-electron chi connectivity index (χ0n) is 11.7. The average Bonchev–Trinajstić information content (AvgIpc) is 2.98. The largest absolute Gasteiger partial charge is 0.306 e. The Labute approximate surface area is 130 Å². The van der Waals surface area contributed by atoms with E-state index in [1.807, 2.05) is 0 Å². The zero-order valence-corrected chi connectivity index (χ0v) is 13.3. The topological polar surface area (TPSA) is 45.8 Å². The van der Waals surface area contributed by atoms with Crippen molar-refractivity contribution in [3.8, 4) is 11.4 Å². The highest BCUT2D eigenvalue weighted by atomic mass is 79.9. The number of H-pyrrole nitrogens is 1. The lowest BCUT2D eigenvalue weighted by Gasteiger charge is -2.12. The Morgan fingerprint density at radius 3 is 2.71 bits per heavy atom. The molecule has 1 fully saturated rings. The van der Waals surface area contributed by atoms with Crippen LogP contribution < -0.4 is 5.56 Å². The first-order valence-corrected chi connectivity index (χ1v) is 7.92. The van der Waals surface area contributed by atoms with Crippen LogP contribution in [-0.2, 0) is 0 Å². The summed E-state index contributed by atoms with van der Waals surface area (Å²) in [6.45, 7) is 1.71. The number of aryl methyl sites for hydroxylation is 1. The van der Waals surface area contributed by atoms with E-state index >= 15 is 0 Å². The molecular weight excluding hydrogens is 335 g/mol. The van der Waals surface area contributed by atoms with Crippen LogP contribution in [0.25, 0.3) is 11.4 Å². The molecule has 1 aromatic heterocycles. The number of nitrogens with zero attached hydrogens (tertiary/aromatic N) is 1. The zero-order chi connectivity index (χ0) is 15.0. The molecule has 1 heterocycles. The summed E-state index contributed by atoms with van der Waals surface area (Å²) in [5, 5.41) is 0. The third-order valence-corrected chi connectivity index (χ3v) is 4.84. The first-order valence-electron chi connectivity index (χ1n) is 7.12. The van der Waals surface area contributed by atoms with E-state index in [1.54, 1.807) is 19.1 Å². The Hall–Kier alpha value is -1.49. The molecule has 1 aromatic carbocycles. The summed E-state index contributed by atoms with van der Waals surface area (Å²) in [5.74, 6) is 0.459. The second-order valence-corrected chi connectivity index (χ2v) is 6.35. The van der Waals surface area contributed by atoms with Gasteiger partial charge in [-0.1, -0.05) is 25.0 Å². The standard InChI is InChI=1S/C16H16BrFN2O/c1-9-6-7-11(8-12(9)18)15-19-14(10-4-2-3-5-10)13(17)16(21)20-15/h6-8,10H,2-5H2,1H3,(H,19,20,21). The van der Waals surface area contributed by atoms with Crippen LogP contribution in [0, 0.1) is 12.7 Å². The molecule has 0 spiro atoms. The van der Waals surface area contributed by atoms with Gasteiger partial charge >= 0.3 is 0 Å². The number of hydrogen-bond donors (Lipinski definition) is 1. The number of halogens is 2. The maximum Gasteiger partial charge on any atom is 0.265 e. The maximum absolute atomic E-state index is 13.7. The first-order chi connectivity index (χ1) is 10.1. The van der Waals surface area contributed by atoms with Gasteiger partial charge in [0.05, 0.1) is 5.69 Å². The molecule has 1 saturated carbocycles. The lowest BCUT2D eigenvalue weighted by atomic mass is 10.0. The molecule has 0 unspecified atom stereocenters. The van der Waals surface area contributed by atoms with E-state index in [9.17, 15) is 9.18 Å². The van der Waals surface area contributed by atoms with Crippen molar-refractivity contribution in [3.63, 3.8) is 0 Å². The van der Waals surface area contributed by atoms with Crippen LogP contribution in [0.4, 0.5) is 4.39 Å². The Bertz CT molecular complexity index is 736. The molecule has 3 rings (SSSR count). The summed E-state index contributed by atoms with van der Waals surface area (Å²) in [4.78, 5) is 19.4. The average molecular weight is 351 g/mol. The van der Waals surface area contributed by atoms with E-state index < -0.39 is 0 Å². The molecule has 5 heteroatoms. The molecule has 110 valence electrons. The Balaban J connectivity index is 2.10. The molecule has 3 nitrogen and oxygen atoms in total. The highest BCUT2D eigenvalue weighted by molar-refractivity contribution is 9.10.